The molecule has 1 aromatic rings. The van der Waals surface area contributed by atoms with E-state index >= 15 is 0 Å². The first-order valence-corrected chi connectivity index (χ1v) is 6.47. The molecule has 0 aliphatic carbocycles. The summed E-state index contributed by atoms with van der Waals surface area (Å²) in [6.45, 7) is 2.28. The van der Waals surface area contributed by atoms with Gasteiger partial charge < -0.3 is 15.5 Å². The number of fused-ring (bicyclic) bond motifs is 1. The second-order valence-electron chi connectivity index (χ2n) is 4.59. The molecule has 106 valence electrons. The molecule has 0 aromatic heterocycles. The average Bonchev–Trinajstić information content (AvgIpc) is 2.82. The number of likely N-dealkylation sites (N-methyl/N-ethyl adjacent to an activating group) is 2. The molecular formula is C14H17N3O3. The molecule has 0 atom stereocenters. The van der Waals surface area contributed by atoms with Crippen molar-refractivity contribution in [3.05, 3.63) is 29.3 Å². The van der Waals surface area contributed by atoms with Gasteiger partial charge in [0.05, 0.1) is 13.0 Å². The van der Waals surface area contributed by atoms with E-state index in [9.17, 15) is 14.4 Å². The summed E-state index contributed by atoms with van der Waals surface area (Å²) < 4.78 is 0. The Morgan fingerprint density at radius 3 is 2.80 bits per heavy atom. The topological polar surface area (TPSA) is 78.5 Å². The number of nitrogens with one attached hydrogen (secondary N) is 2. The fourth-order valence-electron chi connectivity index (χ4n) is 2.11. The highest BCUT2D eigenvalue weighted by atomic mass is 16.2. The van der Waals surface area contributed by atoms with Gasteiger partial charge in [0.15, 0.2) is 0 Å². The first-order chi connectivity index (χ1) is 9.55. The highest BCUT2D eigenvalue weighted by molar-refractivity contribution is 6.02. The Hall–Kier alpha value is -2.37. The van der Waals surface area contributed by atoms with E-state index in [2.05, 4.69) is 10.6 Å². The fourth-order valence-corrected chi connectivity index (χ4v) is 2.11. The Balaban J connectivity index is 2.18. The van der Waals surface area contributed by atoms with Gasteiger partial charge in [-0.25, -0.2) is 0 Å². The highest BCUT2D eigenvalue weighted by Gasteiger charge is 2.21. The Morgan fingerprint density at radius 1 is 1.40 bits per heavy atom. The van der Waals surface area contributed by atoms with Crippen LogP contribution < -0.4 is 10.6 Å². The van der Waals surface area contributed by atoms with Crippen molar-refractivity contribution in [2.24, 2.45) is 0 Å². The zero-order chi connectivity index (χ0) is 14.7. The second kappa shape index (κ2) is 5.73. The van der Waals surface area contributed by atoms with E-state index in [-0.39, 0.29) is 24.3 Å². The summed E-state index contributed by atoms with van der Waals surface area (Å²) in [6, 6.07) is 5.12. The van der Waals surface area contributed by atoms with Gasteiger partial charge in [0.25, 0.3) is 5.91 Å². The summed E-state index contributed by atoms with van der Waals surface area (Å²) in [5, 5.41) is 5.21. The lowest BCUT2D eigenvalue weighted by Crippen LogP contribution is -2.39. The van der Waals surface area contributed by atoms with Gasteiger partial charge in [-0.2, -0.15) is 0 Å². The predicted molar refractivity (Wildman–Crippen MR) is 74.4 cm³/mol. The normalized spacial score (nSPS) is 12.6. The van der Waals surface area contributed by atoms with Crippen molar-refractivity contribution in [1.29, 1.82) is 0 Å². The zero-order valence-corrected chi connectivity index (χ0v) is 11.5. The van der Waals surface area contributed by atoms with Crippen LogP contribution in [0.15, 0.2) is 18.2 Å². The molecule has 1 heterocycles. The quantitative estimate of drug-likeness (QED) is 0.834. The van der Waals surface area contributed by atoms with Crippen LogP contribution in [0.4, 0.5) is 5.69 Å². The lowest BCUT2D eigenvalue weighted by Gasteiger charge is -2.20. The van der Waals surface area contributed by atoms with Crippen LogP contribution in [0.1, 0.15) is 22.8 Å². The number of rotatable bonds is 4. The number of benzene rings is 1. The Labute approximate surface area is 117 Å². The van der Waals surface area contributed by atoms with Gasteiger partial charge in [-0.05, 0) is 24.6 Å². The van der Waals surface area contributed by atoms with E-state index in [1.54, 1.807) is 18.2 Å². The van der Waals surface area contributed by atoms with Crippen LogP contribution in [-0.4, -0.2) is 42.8 Å². The Kier molecular flexibility index (Phi) is 4.02. The lowest BCUT2D eigenvalue weighted by atomic mass is 10.1. The molecule has 3 amide bonds. The molecule has 6 heteroatoms. The summed E-state index contributed by atoms with van der Waals surface area (Å²) in [5.41, 5.74) is 2.04. The van der Waals surface area contributed by atoms with Gasteiger partial charge in [0.2, 0.25) is 11.8 Å². The average molecular weight is 275 g/mol. The minimum atomic E-state index is -0.222. The van der Waals surface area contributed by atoms with Gasteiger partial charge in [-0.15, -0.1) is 0 Å². The molecule has 1 aromatic carbocycles. The largest absolute Gasteiger partial charge is 0.358 e. The molecule has 0 bridgehead atoms. The van der Waals surface area contributed by atoms with E-state index in [1.807, 2.05) is 6.92 Å². The molecule has 0 saturated heterocycles. The van der Waals surface area contributed by atoms with Crippen molar-refractivity contribution in [3.63, 3.8) is 0 Å². The molecule has 6 nitrogen and oxygen atoms in total. The molecule has 1 aliphatic heterocycles. The summed E-state index contributed by atoms with van der Waals surface area (Å²) >= 11 is 0. The standard InChI is InChI=1S/C14H17N3O3/c1-3-17(8-13(19)15-2)14(20)10-5-4-9-7-12(18)16-11(9)6-10/h4-6H,3,7-8H2,1-2H3,(H,15,19)(H,16,18). The second-order valence-corrected chi connectivity index (χ2v) is 4.59. The Morgan fingerprint density at radius 2 is 2.15 bits per heavy atom. The number of nitrogens with zero attached hydrogens (tertiary/aromatic N) is 1. The molecule has 0 radical (unpaired) electrons. The summed E-state index contributed by atoms with van der Waals surface area (Å²) in [7, 11) is 1.53. The van der Waals surface area contributed by atoms with Gasteiger partial charge in [0, 0.05) is 24.8 Å². The number of hydrogen-bond donors (Lipinski definition) is 2. The molecule has 2 rings (SSSR count). The maximum atomic E-state index is 12.3. The smallest absolute Gasteiger partial charge is 0.254 e. The third-order valence-corrected chi connectivity index (χ3v) is 3.26. The number of hydrogen-bond acceptors (Lipinski definition) is 3. The fraction of sp³-hybridized carbons (Fsp3) is 0.357. The van der Waals surface area contributed by atoms with Crippen molar-refractivity contribution in [2.45, 2.75) is 13.3 Å². The van der Waals surface area contributed by atoms with E-state index in [4.69, 9.17) is 0 Å². The monoisotopic (exact) mass is 275 g/mol. The van der Waals surface area contributed by atoms with Crippen LogP contribution in [0.3, 0.4) is 0 Å². The summed E-state index contributed by atoms with van der Waals surface area (Å²) in [5.74, 6) is -0.503. The first kappa shape index (κ1) is 14.0. The molecule has 20 heavy (non-hydrogen) atoms. The van der Waals surface area contributed by atoms with Crippen molar-refractivity contribution >= 4 is 23.4 Å². The van der Waals surface area contributed by atoms with Gasteiger partial charge in [0.1, 0.15) is 0 Å². The minimum absolute atomic E-state index is 0.0231. The lowest BCUT2D eigenvalue weighted by molar-refractivity contribution is -0.121. The van der Waals surface area contributed by atoms with Crippen LogP contribution in [0.5, 0.6) is 0 Å². The molecule has 0 spiro atoms. The Bertz CT molecular complexity index is 569. The molecule has 0 saturated carbocycles. The van der Waals surface area contributed by atoms with Gasteiger partial charge in [-0.1, -0.05) is 6.07 Å². The molecule has 0 unspecified atom stereocenters. The van der Waals surface area contributed by atoms with Gasteiger partial charge in [-0.3, -0.25) is 14.4 Å². The first-order valence-electron chi connectivity index (χ1n) is 6.47. The number of carbonyl (C=O) groups is 3. The number of carbonyl (C=O) groups excluding carboxylic acids is 3. The van der Waals surface area contributed by atoms with Crippen molar-refractivity contribution in [2.75, 3.05) is 25.5 Å². The summed E-state index contributed by atoms with van der Waals surface area (Å²) in [4.78, 5) is 36.5. The summed E-state index contributed by atoms with van der Waals surface area (Å²) in [6.07, 6.45) is 0.347. The van der Waals surface area contributed by atoms with E-state index in [1.165, 1.54) is 11.9 Å². The maximum absolute atomic E-state index is 12.3. The highest BCUT2D eigenvalue weighted by Crippen LogP contribution is 2.24. The van der Waals surface area contributed by atoms with E-state index in [0.717, 1.165) is 5.56 Å². The number of amides is 3. The molecule has 2 N–H and O–H groups in total. The van der Waals surface area contributed by atoms with Crippen LogP contribution in [-0.2, 0) is 16.0 Å². The van der Waals surface area contributed by atoms with Crippen LogP contribution >= 0.6 is 0 Å². The SMILES string of the molecule is CCN(CC(=O)NC)C(=O)c1ccc2c(c1)NC(=O)C2. The van der Waals surface area contributed by atoms with Crippen LogP contribution in [0.2, 0.25) is 0 Å². The maximum Gasteiger partial charge on any atom is 0.254 e. The predicted octanol–water partition coefficient (Wildman–Crippen LogP) is 0.389. The molecular weight excluding hydrogens is 258 g/mol. The van der Waals surface area contributed by atoms with E-state index in [0.29, 0.717) is 24.2 Å². The third-order valence-electron chi connectivity index (χ3n) is 3.26. The van der Waals surface area contributed by atoms with Gasteiger partial charge >= 0.3 is 0 Å². The van der Waals surface area contributed by atoms with Crippen molar-refractivity contribution in [3.8, 4) is 0 Å². The number of anilines is 1. The zero-order valence-electron chi connectivity index (χ0n) is 11.5. The van der Waals surface area contributed by atoms with Crippen molar-refractivity contribution < 1.29 is 14.4 Å². The van der Waals surface area contributed by atoms with Crippen molar-refractivity contribution in [1.82, 2.24) is 10.2 Å². The van der Waals surface area contributed by atoms with E-state index < -0.39 is 0 Å². The van der Waals surface area contributed by atoms with Crippen LogP contribution in [0.25, 0.3) is 0 Å². The minimum Gasteiger partial charge on any atom is -0.358 e. The third kappa shape index (κ3) is 2.79. The molecule has 0 fully saturated rings. The molecule has 1 aliphatic rings. The van der Waals surface area contributed by atoms with Crippen LogP contribution in [0, 0.1) is 0 Å².